The Morgan fingerprint density at radius 3 is 2.47 bits per heavy atom. The smallest absolute Gasteiger partial charge is 0.416 e. The van der Waals surface area contributed by atoms with Gasteiger partial charge in [-0.2, -0.15) is 13.2 Å². The molecule has 2 amide bonds. The summed E-state index contributed by atoms with van der Waals surface area (Å²) in [6.07, 6.45) is -2.57. The Morgan fingerprint density at radius 1 is 1.12 bits per heavy atom. The molecule has 0 aromatic heterocycles. The van der Waals surface area contributed by atoms with Crippen LogP contribution in [0.15, 0.2) is 36.4 Å². The molecule has 2 N–H and O–H groups in total. The van der Waals surface area contributed by atoms with Crippen molar-refractivity contribution in [2.45, 2.75) is 55.8 Å². The molecule has 7 nitrogen and oxygen atoms in total. The van der Waals surface area contributed by atoms with Gasteiger partial charge in [0.25, 0.3) is 11.8 Å². The number of hydrogen-bond donors (Lipinski definition) is 2. The lowest BCUT2D eigenvalue weighted by Crippen LogP contribution is -2.54. The number of carboxylic acid groups (broad SMARTS) is 1. The lowest BCUT2D eigenvalue weighted by Gasteiger charge is -2.36. The van der Waals surface area contributed by atoms with Gasteiger partial charge in [-0.3, -0.25) is 19.3 Å². The lowest BCUT2D eigenvalue weighted by molar-refractivity contribution is -0.153. The van der Waals surface area contributed by atoms with E-state index in [9.17, 15) is 32.7 Å². The molecular formula is C29H26Cl2F5N3O4. The van der Waals surface area contributed by atoms with Gasteiger partial charge in [0.15, 0.2) is 0 Å². The number of rotatable bonds is 5. The highest BCUT2D eigenvalue weighted by atomic mass is 35.5. The van der Waals surface area contributed by atoms with E-state index in [1.165, 1.54) is 18.2 Å². The number of aliphatic carboxylic acids is 1. The van der Waals surface area contributed by atoms with Gasteiger partial charge in [-0.25, -0.2) is 8.78 Å². The van der Waals surface area contributed by atoms with Crippen LogP contribution in [-0.4, -0.2) is 52.8 Å². The Bertz CT molecular complexity index is 1520. The second-order valence-corrected chi connectivity index (χ2v) is 12.6. The molecular weight excluding hydrogens is 620 g/mol. The lowest BCUT2D eigenvalue weighted by atomic mass is 9.73. The monoisotopic (exact) mass is 645 g/mol. The number of carboxylic acids is 1. The van der Waals surface area contributed by atoms with Crippen molar-refractivity contribution in [1.82, 2.24) is 4.90 Å². The minimum absolute atomic E-state index is 0.00470. The van der Waals surface area contributed by atoms with E-state index in [0.29, 0.717) is 12.8 Å². The van der Waals surface area contributed by atoms with E-state index < -0.39 is 71.8 Å². The highest BCUT2D eigenvalue weighted by Gasteiger charge is 2.74. The summed E-state index contributed by atoms with van der Waals surface area (Å²) in [6.45, 7) is -1.05. The topological polar surface area (TPSA) is 90.0 Å². The van der Waals surface area contributed by atoms with Crippen molar-refractivity contribution < 1.29 is 41.4 Å². The predicted octanol–water partition coefficient (Wildman–Crippen LogP) is 6.42. The van der Waals surface area contributed by atoms with E-state index in [4.69, 9.17) is 23.2 Å². The van der Waals surface area contributed by atoms with Gasteiger partial charge in [0.05, 0.1) is 28.7 Å². The Hall–Kier alpha value is -2.96. The van der Waals surface area contributed by atoms with Gasteiger partial charge in [-0.15, -0.1) is 0 Å². The Labute approximate surface area is 252 Å². The van der Waals surface area contributed by atoms with Gasteiger partial charge < -0.3 is 15.3 Å². The van der Waals surface area contributed by atoms with Crippen LogP contribution in [0.4, 0.5) is 33.3 Å². The highest BCUT2D eigenvalue weighted by Crippen LogP contribution is 2.61. The van der Waals surface area contributed by atoms with E-state index in [1.54, 1.807) is 0 Å². The highest BCUT2D eigenvalue weighted by molar-refractivity contribution is 6.38. The largest absolute Gasteiger partial charge is 0.481 e. The summed E-state index contributed by atoms with van der Waals surface area (Å²) in [5.74, 6) is -10.6. The second-order valence-electron chi connectivity index (χ2n) is 11.8. The van der Waals surface area contributed by atoms with Crippen LogP contribution < -0.4 is 10.2 Å². The first-order valence-electron chi connectivity index (χ1n) is 13.8. The molecule has 0 bridgehead atoms. The normalized spacial score (nSPS) is 28.3. The van der Waals surface area contributed by atoms with Crippen molar-refractivity contribution in [2.24, 2.45) is 17.8 Å². The van der Waals surface area contributed by atoms with Crippen molar-refractivity contribution >= 4 is 52.4 Å². The predicted molar refractivity (Wildman–Crippen MR) is 147 cm³/mol. The molecule has 0 unspecified atom stereocenters. The summed E-state index contributed by atoms with van der Waals surface area (Å²) in [4.78, 5) is 43.7. The molecule has 1 saturated carbocycles. The fourth-order valence-corrected chi connectivity index (χ4v) is 8.13. The van der Waals surface area contributed by atoms with Crippen molar-refractivity contribution in [3.05, 3.63) is 57.6 Å². The zero-order valence-electron chi connectivity index (χ0n) is 22.4. The summed E-state index contributed by atoms with van der Waals surface area (Å²) in [6, 6.07) is 5.25. The number of halogens is 7. The zero-order chi connectivity index (χ0) is 31.1. The minimum Gasteiger partial charge on any atom is -0.481 e. The van der Waals surface area contributed by atoms with Crippen LogP contribution in [0.1, 0.15) is 43.2 Å². The van der Waals surface area contributed by atoms with E-state index in [2.05, 4.69) is 5.32 Å². The third-order valence-corrected chi connectivity index (χ3v) is 9.77. The van der Waals surface area contributed by atoms with Gasteiger partial charge in [0, 0.05) is 35.3 Å². The van der Waals surface area contributed by atoms with E-state index >= 15 is 8.78 Å². The summed E-state index contributed by atoms with van der Waals surface area (Å²) in [5, 5.41) is 13.1. The summed E-state index contributed by atoms with van der Waals surface area (Å²) < 4.78 is 71.3. The summed E-state index contributed by atoms with van der Waals surface area (Å²) in [7, 11) is 0. The number of carbonyl (C=O) groups is 3. The third-order valence-electron chi connectivity index (χ3n) is 9.25. The quantitative estimate of drug-likeness (QED) is 0.366. The third kappa shape index (κ3) is 4.76. The van der Waals surface area contributed by atoms with Gasteiger partial charge >= 0.3 is 12.1 Å². The number of carbonyl (C=O) groups excluding carboxylic acids is 2. The first-order valence-corrected chi connectivity index (χ1v) is 14.6. The molecule has 3 heterocycles. The molecule has 3 fully saturated rings. The maximum Gasteiger partial charge on any atom is 0.416 e. The Morgan fingerprint density at radius 2 is 1.81 bits per heavy atom. The number of benzene rings is 2. The molecule has 230 valence electrons. The molecule has 6 rings (SSSR count). The van der Waals surface area contributed by atoms with Crippen LogP contribution in [0.3, 0.4) is 0 Å². The van der Waals surface area contributed by atoms with Crippen LogP contribution in [0.25, 0.3) is 0 Å². The molecule has 3 aliphatic heterocycles. The van der Waals surface area contributed by atoms with Crippen molar-refractivity contribution in [3.8, 4) is 0 Å². The van der Waals surface area contributed by atoms with Gasteiger partial charge in [-0.05, 0) is 49.1 Å². The molecule has 2 aromatic carbocycles. The fraction of sp³-hybridized carbons (Fsp3) is 0.483. The number of nitrogens with one attached hydrogen (secondary N) is 1. The first-order chi connectivity index (χ1) is 20.1. The van der Waals surface area contributed by atoms with E-state index in [-0.39, 0.29) is 39.4 Å². The van der Waals surface area contributed by atoms with Crippen LogP contribution in [0, 0.1) is 17.8 Å². The van der Waals surface area contributed by atoms with Crippen LogP contribution in [0.2, 0.25) is 10.0 Å². The molecule has 2 saturated heterocycles. The number of nitrogens with zero attached hydrogens (tertiary/aromatic N) is 2. The average Bonchev–Trinajstić information content (AvgIpc) is 3.66. The molecule has 43 heavy (non-hydrogen) atoms. The number of anilines is 2. The molecule has 1 aliphatic carbocycles. The van der Waals surface area contributed by atoms with Gasteiger partial charge in [-0.1, -0.05) is 42.1 Å². The Balaban J connectivity index is 1.53. The van der Waals surface area contributed by atoms with Crippen LogP contribution >= 0.6 is 23.2 Å². The molecule has 4 atom stereocenters. The SMILES string of the molecule is O=C(O)[C@H]1[C@@H](C(=O)N(CC2CCCC2)c2cccc(C(F)(F)F)c2)[C@H]2CC(F)(F)CN2[C@]12C(=O)Nc1c(Cl)cc(Cl)cc12. The number of fused-ring (bicyclic) bond motifs is 4. The maximum atomic E-state index is 15.1. The van der Waals surface area contributed by atoms with E-state index in [0.717, 1.165) is 40.8 Å². The molecule has 2 aromatic rings. The molecule has 14 heteroatoms. The van der Waals surface area contributed by atoms with Crippen molar-refractivity contribution in [3.63, 3.8) is 0 Å². The summed E-state index contributed by atoms with van der Waals surface area (Å²) >= 11 is 12.6. The van der Waals surface area contributed by atoms with Gasteiger partial charge in [0.1, 0.15) is 11.5 Å². The van der Waals surface area contributed by atoms with Crippen LogP contribution in [-0.2, 0) is 26.1 Å². The maximum absolute atomic E-state index is 15.1. The summed E-state index contributed by atoms with van der Waals surface area (Å²) in [5.41, 5.74) is -3.45. The standard InChI is InChI=1S/C29H26Cl2F5N3O4/c30-16-9-18-23(19(31)10-16)37-26(43)28(18)22(25(41)42)21(20-11-27(32,33)13-39(20)28)24(40)38(12-14-4-1-2-5-14)17-7-3-6-15(8-17)29(34,35)36/h3,6-10,14,20-22H,1-2,4-5,11-13H2,(H,37,43)(H,41,42)/t20-,21+,22-,28+/m1/s1. The Kier molecular flexibility index (Phi) is 7.21. The van der Waals surface area contributed by atoms with Crippen molar-refractivity contribution in [2.75, 3.05) is 23.3 Å². The van der Waals surface area contributed by atoms with Gasteiger partial charge in [0.2, 0.25) is 5.91 Å². The zero-order valence-corrected chi connectivity index (χ0v) is 23.9. The number of alkyl halides is 5. The fourth-order valence-electron chi connectivity index (χ4n) is 7.58. The minimum atomic E-state index is -4.73. The van der Waals surface area contributed by atoms with E-state index in [1.807, 2.05) is 0 Å². The number of hydrogen-bond acceptors (Lipinski definition) is 4. The first kappa shape index (κ1) is 30.1. The number of amides is 2. The average molecular weight is 646 g/mol. The van der Waals surface area contributed by atoms with Crippen molar-refractivity contribution in [1.29, 1.82) is 0 Å². The molecule has 0 radical (unpaired) electrons. The second kappa shape index (κ2) is 10.3. The van der Waals surface area contributed by atoms with Crippen LogP contribution in [0.5, 0.6) is 0 Å². The molecule has 4 aliphatic rings. The molecule has 1 spiro atoms.